The van der Waals surface area contributed by atoms with Crippen molar-refractivity contribution < 1.29 is 19.4 Å². The molecule has 6 nitrogen and oxygen atoms in total. The maximum Gasteiger partial charge on any atom is 0.251 e. The number of hydrogen-bond donors (Lipinski definition) is 2. The molecule has 4 atom stereocenters. The van der Waals surface area contributed by atoms with Gasteiger partial charge in [0.05, 0.1) is 18.8 Å². The second-order valence-electron chi connectivity index (χ2n) is 11.9. The number of hydrogen-bond acceptors (Lipinski definition) is 5. The molecule has 0 saturated carbocycles. The first-order valence-electron chi connectivity index (χ1n) is 15.6. The lowest BCUT2D eigenvalue weighted by Crippen LogP contribution is -2.38. The van der Waals surface area contributed by atoms with Crippen molar-refractivity contribution in [2.45, 2.75) is 51.0 Å². The molecular weight excluding hydrogens is 560 g/mol. The standard InChI is InChI=1S/C39H40N2O4/c1-27(34-21-20-30-8-6-7-11-35(30)22-34)41(2)25-36-23-37(31-16-14-29(26-42)15-17-31)45-39(44-36)33-18-12-28(13-19-33)24-40-38(43)32-9-4-3-5-10-32/h3-22,27,36-37,39,42H,23-26H2,1-2H3,(H,40,43)/t27-,36+,37-,39-/m1/s1. The molecule has 1 aliphatic rings. The quantitative estimate of drug-likeness (QED) is 0.174. The summed E-state index contributed by atoms with van der Waals surface area (Å²) in [5, 5.41) is 15.0. The van der Waals surface area contributed by atoms with Gasteiger partial charge in [-0.2, -0.15) is 0 Å². The van der Waals surface area contributed by atoms with E-state index in [2.05, 4.69) is 66.7 Å². The Bertz CT molecular complexity index is 1710. The van der Waals surface area contributed by atoms with Crippen LogP contribution in [0.5, 0.6) is 0 Å². The molecule has 6 heteroatoms. The summed E-state index contributed by atoms with van der Waals surface area (Å²) in [5.41, 5.74) is 5.78. The summed E-state index contributed by atoms with van der Waals surface area (Å²) in [6.07, 6.45) is -0.0452. The van der Waals surface area contributed by atoms with Crippen LogP contribution < -0.4 is 5.32 Å². The third kappa shape index (κ3) is 7.49. The van der Waals surface area contributed by atoms with Gasteiger partial charge in [-0.15, -0.1) is 0 Å². The van der Waals surface area contributed by atoms with Gasteiger partial charge in [0.25, 0.3) is 5.91 Å². The topological polar surface area (TPSA) is 71.0 Å². The third-order valence-electron chi connectivity index (χ3n) is 8.76. The summed E-state index contributed by atoms with van der Waals surface area (Å²) >= 11 is 0. The van der Waals surface area contributed by atoms with E-state index in [4.69, 9.17) is 9.47 Å². The first kappa shape index (κ1) is 30.7. The van der Waals surface area contributed by atoms with Gasteiger partial charge in [-0.3, -0.25) is 9.69 Å². The van der Waals surface area contributed by atoms with Gasteiger partial charge in [-0.05, 0) is 65.2 Å². The molecule has 2 N–H and O–H groups in total. The lowest BCUT2D eigenvalue weighted by molar-refractivity contribution is -0.253. The van der Waals surface area contributed by atoms with Crippen LogP contribution in [0.15, 0.2) is 121 Å². The Morgan fingerprint density at radius 3 is 2.22 bits per heavy atom. The van der Waals surface area contributed by atoms with Gasteiger partial charge in [0.1, 0.15) is 0 Å². The molecule has 5 aromatic rings. The van der Waals surface area contributed by atoms with Crippen molar-refractivity contribution in [3.63, 3.8) is 0 Å². The lowest BCUT2D eigenvalue weighted by Gasteiger charge is -2.39. The normalized spacial score (nSPS) is 19.0. The van der Waals surface area contributed by atoms with Crippen LogP contribution in [-0.4, -0.2) is 35.6 Å². The minimum absolute atomic E-state index is 0.00969. The van der Waals surface area contributed by atoms with Crippen LogP contribution in [0.3, 0.4) is 0 Å². The Morgan fingerprint density at radius 2 is 1.49 bits per heavy atom. The average Bonchev–Trinajstić information content (AvgIpc) is 3.10. The van der Waals surface area contributed by atoms with Gasteiger partial charge in [0.2, 0.25) is 0 Å². The van der Waals surface area contributed by atoms with Crippen LogP contribution in [-0.2, 0) is 22.6 Å². The Balaban J connectivity index is 1.16. The summed E-state index contributed by atoms with van der Waals surface area (Å²) in [6.45, 7) is 3.42. The van der Waals surface area contributed by atoms with Crippen molar-refractivity contribution >= 4 is 16.7 Å². The fourth-order valence-corrected chi connectivity index (χ4v) is 5.90. The minimum atomic E-state index is -0.538. The van der Waals surface area contributed by atoms with Crippen molar-refractivity contribution in [1.29, 1.82) is 0 Å². The highest BCUT2D eigenvalue weighted by Gasteiger charge is 2.33. The molecule has 1 heterocycles. The molecule has 1 aliphatic heterocycles. The van der Waals surface area contributed by atoms with Crippen molar-refractivity contribution in [3.05, 3.63) is 155 Å². The Morgan fingerprint density at radius 1 is 0.822 bits per heavy atom. The molecule has 0 aromatic heterocycles. The van der Waals surface area contributed by atoms with Crippen LogP contribution in [0.2, 0.25) is 0 Å². The fraction of sp³-hybridized carbons (Fsp3) is 0.256. The molecule has 0 unspecified atom stereocenters. The maximum atomic E-state index is 12.5. The number of aliphatic hydroxyl groups is 1. The highest BCUT2D eigenvalue weighted by atomic mass is 16.7. The van der Waals surface area contributed by atoms with E-state index in [1.54, 1.807) is 12.1 Å². The number of carbonyl (C=O) groups is 1. The van der Waals surface area contributed by atoms with Gasteiger partial charge < -0.3 is 19.9 Å². The van der Waals surface area contributed by atoms with Gasteiger partial charge in [0.15, 0.2) is 6.29 Å². The lowest BCUT2D eigenvalue weighted by atomic mass is 9.98. The largest absolute Gasteiger partial charge is 0.392 e. The number of likely N-dealkylation sites (N-methyl/N-ethyl adjacent to an activating group) is 1. The summed E-state index contributed by atoms with van der Waals surface area (Å²) < 4.78 is 13.2. The number of nitrogens with one attached hydrogen (secondary N) is 1. The number of carbonyl (C=O) groups excluding carboxylic acids is 1. The first-order chi connectivity index (χ1) is 22.0. The zero-order valence-corrected chi connectivity index (χ0v) is 25.8. The molecule has 0 spiro atoms. The molecule has 45 heavy (non-hydrogen) atoms. The molecule has 0 bridgehead atoms. The van der Waals surface area contributed by atoms with Gasteiger partial charge in [-0.25, -0.2) is 0 Å². The zero-order chi connectivity index (χ0) is 31.2. The molecule has 0 aliphatic carbocycles. The first-order valence-corrected chi connectivity index (χ1v) is 15.6. The SMILES string of the molecule is C[C@H](c1ccc2ccccc2c1)N(C)C[C@@H]1C[C@H](c2ccc(CO)cc2)O[C@H](c2ccc(CNC(=O)c3ccccc3)cc2)O1. The van der Waals surface area contributed by atoms with E-state index >= 15 is 0 Å². The molecule has 1 amide bonds. The predicted molar refractivity (Wildman–Crippen MR) is 177 cm³/mol. The highest BCUT2D eigenvalue weighted by Crippen LogP contribution is 2.39. The molecule has 0 radical (unpaired) electrons. The molecule has 5 aromatic carbocycles. The zero-order valence-electron chi connectivity index (χ0n) is 25.8. The van der Waals surface area contributed by atoms with Gasteiger partial charge in [-0.1, -0.05) is 103 Å². The smallest absolute Gasteiger partial charge is 0.251 e. The Kier molecular flexibility index (Phi) is 9.67. The second-order valence-corrected chi connectivity index (χ2v) is 11.9. The van der Waals surface area contributed by atoms with Crippen LogP contribution in [0, 0.1) is 0 Å². The van der Waals surface area contributed by atoms with E-state index in [1.807, 2.05) is 66.7 Å². The third-order valence-corrected chi connectivity index (χ3v) is 8.76. The average molecular weight is 601 g/mol. The molecule has 1 saturated heterocycles. The van der Waals surface area contributed by atoms with E-state index in [0.29, 0.717) is 18.5 Å². The number of aliphatic hydroxyl groups excluding tert-OH is 1. The number of fused-ring (bicyclic) bond motifs is 1. The van der Waals surface area contributed by atoms with Crippen LogP contribution >= 0.6 is 0 Å². The summed E-state index contributed by atoms with van der Waals surface area (Å²) in [6, 6.07) is 40.6. The minimum Gasteiger partial charge on any atom is -0.392 e. The molecular formula is C39H40N2O4. The summed E-state index contributed by atoms with van der Waals surface area (Å²) in [4.78, 5) is 14.8. The van der Waals surface area contributed by atoms with Crippen molar-refractivity contribution in [3.8, 4) is 0 Å². The fourth-order valence-electron chi connectivity index (χ4n) is 5.90. The van der Waals surface area contributed by atoms with Crippen LogP contribution in [0.25, 0.3) is 10.8 Å². The molecule has 230 valence electrons. The van der Waals surface area contributed by atoms with E-state index < -0.39 is 6.29 Å². The number of rotatable bonds is 10. The van der Waals surface area contributed by atoms with E-state index in [9.17, 15) is 9.90 Å². The predicted octanol–water partition coefficient (Wildman–Crippen LogP) is 7.50. The Hall–Kier alpha value is -4.33. The van der Waals surface area contributed by atoms with Crippen molar-refractivity contribution in [2.75, 3.05) is 13.6 Å². The number of amides is 1. The highest BCUT2D eigenvalue weighted by molar-refractivity contribution is 5.94. The summed E-state index contributed by atoms with van der Waals surface area (Å²) in [7, 11) is 2.15. The van der Waals surface area contributed by atoms with Gasteiger partial charge >= 0.3 is 0 Å². The second kappa shape index (κ2) is 14.2. The van der Waals surface area contributed by atoms with Crippen LogP contribution in [0.4, 0.5) is 0 Å². The molecule has 6 rings (SSSR count). The molecule has 1 fully saturated rings. The Labute approximate surface area is 265 Å². The van der Waals surface area contributed by atoms with E-state index in [0.717, 1.165) is 28.8 Å². The number of benzene rings is 5. The van der Waals surface area contributed by atoms with Crippen molar-refractivity contribution in [1.82, 2.24) is 10.2 Å². The van der Waals surface area contributed by atoms with Crippen LogP contribution in [0.1, 0.15) is 70.0 Å². The number of nitrogens with zero attached hydrogens (tertiary/aromatic N) is 1. The van der Waals surface area contributed by atoms with E-state index in [-0.39, 0.29) is 30.8 Å². The van der Waals surface area contributed by atoms with Gasteiger partial charge in [0, 0.05) is 36.7 Å². The monoisotopic (exact) mass is 600 g/mol. The maximum absolute atomic E-state index is 12.5. The summed E-state index contributed by atoms with van der Waals surface area (Å²) in [5.74, 6) is -0.0986. The van der Waals surface area contributed by atoms with Crippen molar-refractivity contribution in [2.24, 2.45) is 0 Å². The van der Waals surface area contributed by atoms with E-state index in [1.165, 1.54) is 16.3 Å². The number of ether oxygens (including phenoxy) is 2.